The molecule has 0 spiro atoms. The average molecular weight is 423 g/mol. The first-order chi connectivity index (χ1) is 10.5. The Morgan fingerprint density at radius 2 is 1.23 bits per heavy atom. The molecular weight excluding hydrogens is 409 g/mol. The van der Waals surface area contributed by atoms with E-state index in [1.165, 1.54) is 0 Å². The molecule has 0 aromatic carbocycles. The summed E-state index contributed by atoms with van der Waals surface area (Å²) in [6.45, 7) is 1.55. The first-order valence-corrected chi connectivity index (χ1v) is 8.26. The predicted octanol–water partition coefficient (Wildman–Crippen LogP) is -1.87. The van der Waals surface area contributed by atoms with Gasteiger partial charge in [0.15, 0.2) is 0 Å². The lowest BCUT2D eigenvalue weighted by atomic mass is 10.4. The van der Waals surface area contributed by atoms with Crippen molar-refractivity contribution in [1.82, 2.24) is 13.7 Å². The van der Waals surface area contributed by atoms with Crippen molar-refractivity contribution >= 4 is 22.6 Å². The molecule has 9 nitrogen and oxygen atoms in total. The minimum Gasteiger partial charge on any atom is -0.371 e. The van der Waals surface area contributed by atoms with Crippen molar-refractivity contribution in [3.8, 4) is 0 Å². The third-order valence-corrected chi connectivity index (χ3v) is 4.94. The fraction of sp³-hybridized carbons (Fsp3) is 0.750. The van der Waals surface area contributed by atoms with E-state index in [2.05, 4.69) is 22.6 Å². The zero-order valence-corrected chi connectivity index (χ0v) is 13.7. The lowest BCUT2D eigenvalue weighted by Crippen LogP contribution is -2.55. The van der Waals surface area contributed by atoms with Gasteiger partial charge in [-0.1, -0.05) is 0 Å². The van der Waals surface area contributed by atoms with Crippen molar-refractivity contribution < 1.29 is 14.2 Å². The Bertz CT molecular complexity index is 722. The number of halogens is 1. The van der Waals surface area contributed by atoms with E-state index >= 15 is 0 Å². The number of alkyl halides is 1. The lowest BCUT2D eigenvalue weighted by Gasteiger charge is -2.12. The van der Waals surface area contributed by atoms with Crippen LogP contribution >= 0.6 is 22.6 Å². The second-order valence-corrected chi connectivity index (χ2v) is 6.84. The summed E-state index contributed by atoms with van der Waals surface area (Å²) in [5.41, 5.74) is -1.80. The van der Waals surface area contributed by atoms with Crippen LogP contribution in [0.1, 0.15) is 0 Å². The number of epoxide rings is 3. The molecule has 4 heterocycles. The van der Waals surface area contributed by atoms with Gasteiger partial charge in [0, 0.05) is 0 Å². The van der Waals surface area contributed by atoms with Crippen molar-refractivity contribution in [1.29, 1.82) is 0 Å². The average Bonchev–Trinajstić information content (AvgIpc) is 3.31. The van der Waals surface area contributed by atoms with Crippen LogP contribution in [0.2, 0.25) is 0 Å². The maximum Gasteiger partial charge on any atom is 0.336 e. The minimum atomic E-state index is -0.599. The van der Waals surface area contributed by atoms with E-state index in [-0.39, 0.29) is 42.1 Å². The highest BCUT2D eigenvalue weighted by atomic mass is 127. The van der Waals surface area contributed by atoms with Gasteiger partial charge in [0.05, 0.1) is 45.1 Å². The fourth-order valence-corrected chi connectivity index (χ4v) is 2.94. The predicted molar refractivity (Wildman–Crippen MR) is 81.4 cm³/mol. The molecule has 4 rings (SSSR count). The van der Waals surface area contributed by atoms with Crippen LogP contribution in [0.25, 0.3) is 0 Å². The molecule has 120 valence electrons. The maximum atomic E-state index is 12.5. The second kappa shape index (κ2) is 5.28. The molecule has 3 aliphatic heterocycles. The highest BCUT2D eigenvalue weighted by Crippen LogP contribution is 2.28. The molecule has 10 heteroatoms. The normalized spacial score (nSPS) is 32.0. The molecule has 3 aliphatic rings. The van der Waals surface area contributed by atoms with Crippen LogP contribution < -0.4 is 17.1 Å². The van der Waals surface area contributed by atoms with E-state index < -0.39 is 17.1 Å². The third-order valence-electron chi connectivity index (χ3n) is 3.85. The smallest absolute Gasteiger partial charge is 0.336 e. The van der Waals surface area contributed by atoms with Gasteiger partial charge in [0.2, 0.25) is 0 Å². The molecule has 0 saturated carbocycles. The van der Waals surface area contributed by atoms with Crippen molar-refractivity contribution in [2.45, 2.75) is 42.1 Å². The SMILES string of the molecule is O=c1n(CC2CO2)c(=O)n(CC2OC2I)c(=O)n1CC1CO1. The van der Waals surface area contributed by atoms with Crippen molar-refractivity contribution in [2.75, 3.05) is 13.2 Å². The Morgan fingerprint density at radius 3 is 1.55 bits per heavy atom. The van der Waals surface area contributed by atoms with Gasteiger partial charge < -0.3 is 14.2 Å². The molecule has 1 aromatic heterocycles. The molecule has 0 amide bonds. The van der Waals surface area contributed by atoms with E-state index in [4.69, 9.17) is 14.2 Å². The fourth-order valence-electron chi connectivity index (χ4n) is 2.33. The standard InChI is InChI=1S/C12H14IN3O6/c13-9-8(22-9)3-16-11(18)14(1-6-4-20-6)10(17)15(12(16)19)2-7-5-21-7/h6-9H,1-5H2. The number of aromatic nitrogens is 3. The quantitative estimate of drug-likeness (QED) is 0.302. The molecular formula is C12H14IN3O6. The monoisotopic (exact) mass is 423 g/mol. The van der Waals surface area contributed by atoms with Gasteiger partial charge in [-0.3, -0.25) is 0 Å². The molecule has 0 bridgehead atoms. The van der Waals surface area contributed by atoms with E-state index in [9.17, 15) is 14.4 Å². The zero-order chi connectivity index (χ0) is 15.4. The Labute approximate surface area is 137 Å². The molecule has 4 atom stereocenters. The molecule has 0 N–H and O–H groups in total. The van der Waals surface area contributed by atoms with Gasteiger partial charge in [-0.25, -0.2) is 28.1 Å². The number of ether oxygens (including phenoxy) is 3. The van der Waals surface area contributed by atoms with Crippen LogP contribution in [0, 0.1) is 0 Å². The van der Waals surface area contributed by atoms with E-state index in [0.29, 0.717) is 13.2 Å². The Morgan fingerprint density at radius 1 is 0.864 bits per heavy atom. The van der Waals surface area contributed by atoms with Gasteiger partial charge in [-0.2, -0.15) is 0 Å². The summed E-state index contributed by atoms with van der Waals surface area (Å²) in [6, 6.07) is 0. The number of nitrogens with zero attached hydrogens (tertiary/aromatic N) is 3. The van der Waals surface area contributed by atoms with Crippen LogP contribution in [0.5, 0.6) is 0 Å². The topological polar surface area (TPSA) is 104 Å². The van der Waals surface area contributed by atoms with Crippen molar-refractivity contribution in [3.63, 3.8) is 0 Å². The summed E-state index contributed by atoms with van der Waals surface area (Å²) >= 11 is 2.10. The van der Waals surface area contributed by atoms with Crippen LogP contribution in [0.15, 0.2) is 14.4 Å². The van der Waals surface area contributed by atoms with Crippen molar-refractivity contribution in [3.05, 3.63) is 31.5 Å². The highest BCUT2D eigenvalue weighted by Gasteiger charge is 2.38. The summed E-state index contributed by atoms with van der Waals surface area (Å²) in [5, 5.41) is 0. The second-order valence-electron chi connectivity index (χ2n) is 5.62. The van der Waals surface area contributed by atoms with Gasteiger partial charge in [0.1, 0.15) is 10.2 Å². The summed E-state index contributed by atoms with van der Waals surface area (Å²) in [7, 11) is 0. The third kappa shape index (κ3) is 2.79. The molecule has 0 radical (unpaired) electrons. The Kier molecular flexibility index (Phi) is 3.51. The summed E-state index contributed by atoms with van der Waals surface area (Å²) in [5.74, 6) is 0. The first-order valence-electron chi connectivity index (χ1n) is 7.02. The maximum absolute atomic E-state index is 12.5. The first kappa shape index (κ1) is 14.6. The van der Waals surface area contributed by atoms with Gasteiger partial charge in [-0.05, 0) is 22.6 Å². The van der Waals surface area contributed by atoms with E-state index in [0.717, 1.165) is 13.7 Å². The molecule has 4 unspecified atom stereocenters. The van der Waals surface area contributed by atoms with Gasteiger partial charge >= 0.3 is 17.1 Å². The summed E-state index contributed by atoms with van der Waals surface area (Å²) in [6.07, 6.45) is -0.423. The number of hydrogen-bond donors (Lipinski definition) is 0. The Balaban J connectivity index is 1.78. The number of rotatable bonds is 6. The largest absolute Gasteiger partial charge is 0.371 e. The van der Waals surface area contributed by atoms with Gasteiger partial charge in [0.25, 0.3) is 0 Å². The summed E-state index contributed by atoms with van der Waals surface area (Å²) < 4.78 is 18.7. The van der Waals surface area contributed by atoms with Gasteiger partial charge in [-0.15, -0.1) is 0 Å². The van der Waals surface area contributed by atoms with Crippen molar-refractivity contribution in [2.24, 2.45) is 0 Å². The van der Waals surface area contributed by atoms with Crippen LogP contribution in [0.4, 0.5) is 0 Å². The lowest BCUT2D eigenvalue weighted by molar-refractivity contribution is 0.326. The molecule has 22 heavy (non-hydrogen) atoms. The number of hydrogen-bond acceptors (Lipinski definition) is 6. The zero-order valence-electron chi connectivity index (χ0n) is 11.5. The molecule has 1 aromatic rings. The minimum absolute atomic E-state index is 0.00346. The van der Waals surface area contributed by atoms with Crippen LogP contribution in [-0.4, -0.2) is 49.3 Å². The molecule has 3 saturated heterocycles. The Hall–Kier alpha value is -0.980. The molecule has 3 fully saturated rings. The summed E-state index contributed by atoms with van der Waals surface area (Å²) in [4.78, 5) is 37.4. The molecule has 0 aliphatic carbocycles. The van der Waals surface area contributed by atoms with Crippen LogP contribution in [0.3, 0.4) is 0 Å². The van der Waals surface area contributed by atoms with Crippen LogP contribution in [-0.2, 0) is 33.8 Å². The van der Waals surface area contributed by atoms with E-state index in [1.807, 2.05) is 0 Å². The van der Waals surface area contributed by atoms with E-state index in [1.54, 1.807) is 0 Å². The highest BCUT2D eigenvalue weighted by molar-refractivity contribution is 14.1.